The fourth-order valence-electron chi connectivity index (χ4n) is 1.04. The molecule has 0 aromatic carbocycles. The van der Waals surface area contributed by atoms with Gasteiger partial charge in [-0.2, -0.15) is 11.3 Å². The molecule has 3 heteroatoms. The Labute approximate surface area is 89.5 Å². The van der Waals surface area contributed by atoms with Crippen LogP contribution >= 0.6 is 11.3 Å². The van der Waals surface area contributed by atoms with Crippen LogP contribution in [0.2, 0.25) is 0 Å². The van der Waals surface area contributed by atoms with Gasteiger partial charge in [0.1, 0.15) is 0 Å². The van der Waals surface area contributed by atoms with E-state index in [-0.39, 0.29) is 11.3 Å². The molecule has 1 heterocycles. The molecule has 1 aromatic heterocycles. The molecule has 14 heavy (non-hydrogen) atoms. The average molecular weight is 211 g/mol. The zero-order chi connectivity index (χ0) is 10.8. The minimum absolute atomic E-state index is 0.265. The van der Waals surface area contributed by atoms with Crippen molar-refractivity contribution in [3.63, 3.8) is 0 Å². The van der Waals surface area contributed by atoms with Crippen molar-refractivity contribution in [3.8, 4) is 0 Å². The number of hydrogen-bond acceptors (Lipinski definition) is 3. The molecule has 1 rings (SSSR count). The minimum atomic E-state index is -0.373. The number of Topliss-reactive ketones (excluding diaryl/α,β-unsaturated/α-hetero) is 1. The van der Waals surface area contributed by atoms with E-state index in [2.05, 4.69) is 0 Å². The van der Waals surface area contributed by atoms with E-state index in [0.717, 1.165) is 5.56 Å². The van der Waals surface area contributed by atoms with Crippen molar-refractivity contribution >= 4 is 17.1 Å². The summed E-state index contributed by atoms with van der Waals surface area (Å²) >= 11 is 1.63. The van der Waals surface area contributed by atoms with E-state index in [0.29, 0.717) is 6.42 Å². The molecule has 0 saturated heterocycles. The highest BCUT2D eigenvalue weighted by molar-refractivity contribution is 7.07. The SMILES string of the molecule is CN(C)C(C)(C)C(=O)Cc1ccsc1. The van der Waals surface area contributed by atoms with Gasteiger partial charge in [0.05, 0.1) is 5.54 Å². The molecule has 0 aliphatic heterocycles. The van der Waals surface area contributed by atoms with Crippen molar-refractivity contribution in [1.82, 2.24) is 4.90 Å². The number of thiophene rings is 1. The summed E-state index contributed by atoms with van der Waals surface area (Å²) in [7, 11) is 3.87. The Morgan fingerprint density at radius 3 is 2.57 bits per heavy atom. The third-order valence-corrected chi connectivity index (χ3v) is 3.48. The molecule has 0 aliphatic carbocycles. The van der Waals surface area contributed by atoms with Crippen LogP contribution in [0.3, 0.4) is 0 Å². The van der Waals surface area contributed by atoms with Gasteiger partial charge in [0, 0.05) is 6.42 Å². The lowest BCUT2D eigenvalue weighted by Crippen LogP contribution is -2.46. The third-order valence-electron chi connectivity index (χ3n) is 2.75. The second-order valence-corrected chi connectivity index (χ2v) is 4.97. The zero-order valence-electron chi connectivity index (χ0n) is 9.20. The van der Waals surface area contributed by atoms with Crippen LogP contribution in [0, 0.1) is 0 Å². The van der Waals surface area contributed by atoms with Gasteiger partial charge in [0.15, 0.2) is 5.78 Å². The van der Waals surface area contributed by atoms with Crippen LogP contribution in [0.25, 0.3) is 0 Å². The maximum atomic E-state index is 11.9. The highest BCUT2D eigenvalue weighted by atomic mass is 32.1. The predicted molar refractivity (Wildman–Crippen MR) is 60.8 cm³/mol. The molecular weight excluding hydrogens is 194 g/mol. The number of carbonyl (C=O) groups excluding carboxylic acids is 1. The zero-order valence-corrected chi connectivity index (χ0v) is 10.0. The lowest BCUT2D eigenvalue weighted by Gasteiger charge is -2.30. The van der Waals surface area contributed by atoms with E-state index in [9.17, 15) is 4.79 Å². The van der Waals surface area contributed by atoms with Gasteiger partial charge in [-0.25, -0.2) is 0 Å². The molecule has 0 fully saturated rings. The first-order chi connectivity index (χ1) is 6.44. The van der Waals surface area contributed by atoms with Crippen molar-refractivity contribution in [2.24, 2.45) is 0 Å². The van der Waals surface area contributed by atoms with Crippen molar-refractivity contribution in [2.45, 2.75) is 25.8 Å². The highest BCUT2D eigenvalue weighted by Crippen LogP contribution is 2.16. The molecule has 0 spiro atoms. The van der Waals surface area contributed by atoms with Gasteiger partial charge < -0.3 is 0 Å². The molecule has 0 bridgehead atoms. The first-order valence-corrected chi connectivity index (χ1v) is 5.60. The van der Waals surface area contributed by atoms with E-state index >= 15 is 0 Å². The van der Waals surface area contributed by atoms with Crippen LogP contribution in [0.15, 0.2) is 16.8 Å². The topological polar surface area (TPSA) is 20.3 Å². The van der Waals surface area contributed by atoms with E-state index in [4.69, 9.17) is 0 Å². The molecule has 0 saturated carbocycles. The molecule has 78 valence electrons. The molecule has 0 aliphatic rings. The molecule has 0 N–H and O–H groups in total. The fourth-order valence-corrected chi connectivity index (χ4v) is 1.71. The molecule has 1 aromatic rings. The Balaban J connectivity index is 2.67. The van der Waals surface area contributed by atoms with Crippen molar-refractivity contribution in [3.05, 3.63) is 22.4 Å². The first kappa shape index (κ1) is 11.4. The Morgan fingerprint density at radius 1 is 1.50 bits per heavy atom. The maximum Gasteiger partial charge on any atom is 0.156 e. The van der Waals surface area contributed by atoms with Gasteiger partial charge in [-0.15, -0.1) is 0 Å². The smallest absolute Gasteiger partial charge is 0.156 e. The summed E-state index contributed by atoms with van der Waals surface area (Å²) in [5, 5.41) is 4.04. The summed E-state index contributed by atoms with van der Waals surface area (Å²) in [4.78, 5) is 13.9. The summed E-state index contributed by atoms with van der Waals surface area (Å²) in [6.45, 7) is 3.92. The molecule has 2 nitrogen and oxygen atoms in total. The predicted octanol–water partition coefficient (Wildman–Crippen LogP) is 2.20. The average Bonchev–Trinajstić information content (AvgIpc) is 2.56. The third kappa shape index (κ3) is 2.42. The van der Waals surface area contributed by atoms with Gasteiger partial charge in [0.2, 0.25) is 0 Å². The number of ketones is 1. The summed E-state index contributed by atoms with van der Waals surface area (Å²) in [6, 6.07) is 2.01. The number of hydrogen-bond donors (Lipinski definition) is 0. The van der Waals surface area contributed by atoms with Crippen molar-refractivity contribution in [2.75, 3.05) is 14.1 Å². The van der Waals surface area contributed by atoms with E-state index in [1.54, 1.807) is 11.3 Å². The Kier molecular flexibility index (Phi) is 3.45. The van der Waals surface area contributed by atoms with Crippen LogP contribution < -0.4 is 0 Å². The van der Waals surface area contributed by atoms with Crippen LogP contribution in [-0.2, 0) is 11.2 Å². The van der Waals surface area contributed by atoms with Crippen LogP contribution in [0.1, 0.15) is 19.4 Å². The van der Waals surface area contributed by atoms with Gasteiger partial charge >= 0.3 is 0 Å². The van der Waals surface area contributed by atoms with Gasteiger partial charge in [-0.3, -0.25) is 9.69 Å². The van der Waals surface area contributed by atoms with Crippen molar-refractivity contribution < 1.29 is 4.79 Å². The Hall–Kier alpha value is -0.670. The molecular formula is C11H17NOS. The maximum absolute atomic E-state index is 11.9. The largest absolute Gasteiger partial charge is 0.298 e. The van der Waals surface area contributed by atoms with Gasteiger partial charge in [0.25, 0.3) is 0 Å². The standard InChI is InChI=1S/C11H17NOS/c1-11(2,12(3)4)10(13)7-9-5-6-14-8-9/h5-6,8H,7H2,1-4H3. The van der Waals surface area contributed by atoms with E-state index in [1.165, 1.54) is 0 Å². The number of nitrogens with zero attached hydrogens (tertiary/aromatic N) is 1. The quantitative estimate of drug-likeness (QED) is 0.761. The number of carbonyl (C=O) groups is 1. The van der Waals surface area contributed by atoms with Gasteiger partial charge in [-0.05, 0) is 50.3 Å². The molecule has 0 atom stereocenters. The monoisotopic (exact) mass is 211 g/mol. The number of likely N-dealkylation sites (N-methyl/N-ethyl adjacent to an activating group) is 1. The molecule has 0 radical (unpaired) electrons. The minimum Gasteiger partial charge on any atom is -0.298 e. The molecule has 0 unspecified atom stereocenters. The van der Waals surface area contributed by atoms with Crippen LogP contribution in [-0.4, -0.2) is 30.3 Å². The Bertz CT molecular complexity index is 301. The van der Waals surface area contributed by atoms with Crippen molar-refractivity contribution in [1.29, 1.82) is 0 Å². The second kappa shape index (κ2) is 4.24. The summed E-state index contributed by atoms with van der Waals surface area (Å²) in [6.07, 6.45) is 0.536. The van der Waals surface area contributed by atoms with Gasteiger partial charge in [-0.1, -0.05) is 0 Å². The first-order valence-electron chi connectivity index (χ1n) is 4.66. The summed E-state index contributed by atoms with van der Waals surface area (Å²) in [5.74, 6) is 0.265. The lowest BCUT2D eigenvalue weighted by molar-refractivity contribution is -0.127. The second-order valence-electron chi connectivity index (χ2n) is 4.18. The molecule has 0 amide bonds. The van der Waals surface area contributed by atoms with Crippen LogP contribution in [0.5, 0.6) is 0 Å². The van der Waals surface area contributed by atoms with Crippen LogP contribution in [0.4, 0.5) is 0 Å². The van der Waals surface area contributed by atoms with E-state index < -0.39 is 0 Å². The Morgan fingerprint density at radius 2 is 2.14 bits per heavy atom. The summed E-state index contributed by atoms with van der Waals surface area (Å²) < 4.78 is 0. The summed E-state index contributed by atoms with van der Waals surface area (Å²) in [5.41, 5.74) is 0.747. The fraction of sp³-hybridized carbons (Fsp3) is 0.545. The highest BCUT2D eigenvalue weighted by Gasteiger charge is 2.29. The number of rotatable bonds is 4. The van der Waals surface area contributed by atoms with E-state index in [1.807, 2.05) is 49.7 Å². The lowest BCUT2D eigenvalue weighted by atomic mass is 9.93. The normalized spacial score (nSPS) is 12.1.